The van der Waals surface area contributed by atoms with E-state index >= 15 is 0 Å². The molecule has 0 radical (unpaired) electrons. The maximum Gasteiger partial charge on any atom is 0.269 e. The molecule has 40 heavy (non-hydrogen) atoms. The van der Waals surface area contributed by atoms with Crippen LogP contribution in [0.5, 0.6) is 5.75 Å². The Morgan fingerprint density at radius 3 is 2.60 bits per heavy atom. The Kier molecular flexibility index (Phi) is 7.10. The summed E-state index contributed by atoms with van der Waals surface area (Å²) in [7, 11) is 0. The minimum atomic E-state index is -0.424. The van der Waals surface area contributed by atoms with Crippen molar-refractivity contribution >= 4 is 34.9 Å². The molecule has 3 atom stereocenters. The summed E-state index contributed by atoms with van der Waals surface area (Å²) >= 11 is 6.45. The minimum absolute atomic E-state index is 0.0475. The number of nitrogens with zero attached hydrogens (tertiary/aromatic N) is 2. The largest absolute Gasteiger partial charge is 0.487 e. The first kappa shape index (κ1) is 25.8. The second-order valence-electron chi connectivity index (χ2n) is 10.3. The molecule has 1 heterocycles. The van der Waals surface area contributed by atoms with E-state index in [1.54, 1.807) is 24.4 Å². The molecular weight excluding hydrogens is 522 g/mol. The summed E-state index contributed by atoms with van der Waals surface area (Å²) in [6.45, 7) is 2.41. The molecule has 0 amide bonds. The number of anilines is 1. The predicted octanol–water partition coefficient (Wildman–Crippen LogP) is 8.71. The number of aryl methyl sites for hydroxylation is 1. The van der Waals surface area contributed by atoms with E-state index in [0.717, 1.165) is 23.2 Å². The highest BCUT2D eigenvalue weighted by atomic mass is 35.5. The molecular formula is C33H28ClN3O3. The molecule has 1 N–H and O–H groups in total. The Bertz CT molecular complexity index is 1610. The zero-order valence-electron chi connectivity index (χ0n) is 22.0. The van der Waals surface area contributed by atoms with Crippen molar-refractivity contribution in [3.05, 3.63) is 140 Å². The van der Waals surface area contributed by atoms with E-state index in [9.17, 15) is 10.1 Å². The molecule has 1 aliphatic carbocycles. The number of nitro groups is 1. The van der Waals surface area contributed by atoms with Crippen molar-refractivity contribution in [2.24, 2.45) is 10.9 Å². The van der Waals surface area contributed by atoms with Gasteiger partial charge in [0.15, 0.2) is 0 Å². The highest BCUT2D eigenvalue weighted by Gasteiger charge is 2.37. The van der Waals surface area contributed by atoms with Gasteiger partial charge in [0, 0.05) is 30.0 Å². The van der Waals surface area contributed by atoms with Crippen LogP contribution in [0.2, 0.25) is 5.02 Å². The van der Waals surface area contributed by atoms with Gasteiger partial charge in [0.2, 0.25) is 0 Å². The Labute approximate surface area is 238 Å². The first-order valence-electron chi connectivity index (χ1n) is 13.3. The Hall–Kier alpha value is -4.42. The van der Waals surface area contributed by atoms with Gasteiger partial charge in [-0.1, -0.05) is 53.6 Å². The lowest BCUT2D eigenvalue weighted by molar-refractivity contribution is -0.384. The van der Waals surface area contributed by atoms with Crippen LogP contribution in [-0.4, -0.2) is 11.1 Å². The van der Waals surface area contributed by atoms with Crippen molar-refractivity contribution in [1.82, 2.24) is 0 Å². The fourth-order valence-corrected chi connectivity index (χ4v) is 5.79. The molecule has 7 heteroatoms. The summed E-state index contributed by atoms with van der Waals surface area (Å²) in [6.07, 6.45) is 7.54. The van der Waals surface area contributed by atoms with Gasteiger partial charge < -0.3 is 10.1 Å². The third-order valence-corrected chi connectivity index (χ3v) is 7.93. The van der Waals surface area contributed by atoms with E-state index in [1.165, 1.54) is 34.5 Å². The van der Waals surface area contributed by atoms with Crippen LogP contribution in [0.4, 0.5) is 17.1 Å². The summed E-state index contributed by atoms with van der Waals surface area (Å²) in [5.41, 5.74) is 7.78. The average molecular weight is 550 g/mol. The third kappa shape index (κ3) is 5.36. The minimum Gasteiger partial charge on any atom is -0.487 e. The number of fused-ring (bicyclic) bond motifs is 3. The average Bonchev–Trinajstić information content (AvgIpc) is 3.46. The Morgan fingerprint density at radius 2 is 1.85 bits per heavy atom. The molecule has 0 unspecified atom stereocenters. The van der Waals surface area contributed by atoms with Crippen LogP contribution < -0.4 is 10.1 Å². The fourth-order valence-electron chi connectivity index (χ4n) is 5.55. The van der Waals surface area contributed by atoms with Crippen molar-refractivity contribution in [1.29, 1.82) is 0 Å². The molecule has 0 bridgehead atoms. The normalized spacial score (nSPS) is 19.2. The molecule has 6 rings (SSSR count). The zero-order chi connectivity index (χ0) is 27.6. The SMILES string of the molecule is Cc1ccc2c(c1)[C@@H]1C=CC[C@H]1[C@H](c1ccc(N=Cc3ccc(OCc4ccc([N+](=O)[O-])cc4)c(Cl)c3)cc1)N2. The zero-order valence-corrected chi connectivity index (χ0v) is 22.7. The standard InChI is InChI=1S/C33H28ClN3O3/c1-21-5-15-31-29(17-21)27-3-2-4-28(27)33(36-31)24-9-11-25(12-10-24)35-19-23-8-16-32(30(34)18-23)40-20-22-6-13-26(14-7-22)37(38)39/h2-3,5-19,27-28,33,36H,4,20H2,1H3/t27-,28-,33+/m1/s1. The van der Waals surface area contributed by atoms with Crippen molar-refractivity contribution in [3.63, 3.8) is 0 Å². The van der Waals surface area contributed by atoms with Gasteiger partial charge in [-0.05, 0) is 90.0 Å². The molecule has 0 saturated carbocycles. The quantitative estimate of drug-likeness (QED) is 0.108. The number of halogens is 1. The molecule has 1 aliphatic heterocycles. The number of allylic oxidation sites excluding steroid dienone is 2. The van der Waals surface area contributed by atoms with Crippen LogP contribution in [0.25, 0.3) is 0 Å². The second-order valence-corrected chi connectivity index (χ2v) is 10.7. The number of rotatable bonds is 7. The third-order valence-electron chi connectivity index (χ3n) is 7.63. The molecule has 200 valence electrons. The molecule has 6 nitrogen and oxygen atoms in total. The molecule has 4 aromatic rings. The first-order chi connectivity index (χ1) is 19.4. The maximum atomic E-state index is 10.8. The number of nitro benzene ring substituents is 1. The first-order valence-corrected chi connectivity index (χ1v) is 13.7. The highest BCUT2D eigenvalue weighted by Crippen LogP contribution is 2.50. The second kappa shape index (κ2) is 11.0. The van der Waals surface area contributed by atoms with Gasteiger partial charge in [-0.2, -0.15) is 0 Å². The van der Waals surface area contributed by atoms with E-state index in [4.69, 9.17) is 16.3 Å². The van der Waals surface area contributed by atoms with Gasteiger partial charge in [0.1, 0.15) is 12.4 Å². The molecule has 0 spiro atoms. The lowest BCUT2D eigenvalue weighted by atomic mass is 9.76. The Balaban J connectivity index is 1.10. The number of hydrogen-bond donors (Lipinski definition) is 1. The van der Waals surface area contributed by atoms with E-state index in [2.05, 4.69) is 71.8 Å². The van der Waals surface area contributed by atoms with Gasteiger partial charge in [0.05, 0.1) is 21.7 Å². The number of hydrogen-bond acceptors (Lipinski definition) is 5. The lowest BCUT2D eigenvalue weighted by Gasteiger charge is -2.37. The molecule has 0 aromatic heterocycles. The van der Waals surface area contributed by atoms with Crippen molar-refractivity contribution < 1.29 is 9.66 Å². The monoisotopic (exact) mass is 549 g/mol. The van der Waals surface area contributed by atoms with E-state index < -0.39 is 4.92 Å². The van der Waals surface area contributed by atoms with E-state index in [0.29, 0.717) is 22.6 Å². The molecule has 4 aromatic carbocycles. The summed E-state index contributed by atoms with van der Waals surface area (Å²) in [5, 5.41) is 15.1. The van der Waals surface area contributed by atoms with Crippen LogP contribution in [-0.2, 0) is 6.61 Å². The van der Waals surface area contributed by atoms with Gasteiger partial charge in [-0.15, -0.1) is 0 Å². The summed E-state index contributed by atoms with van der Waals surface area (Å²) in [6, 6.07) is 27.2. The highest BCUT2D eigenvalue weighted by molar-refractivity contribution is 6.32. The fraction of sp³-hybridized carbons (Fsp3) is 0.182. The van der Waals surface area contributed by atoms with Gasteiger partial charge in [-0.25, -0.2) is 0 Å². The van der Waals surface area contributed by atoms with Crippen molar-refractivity contribution in [2.75, 3.05) is 5.32 Å². The van der Waals surface area contributed by atoms with Gasteiger partial charge in [0.25, 0.3) is 5.69 Å². The lowest BCUT2D eigenvalue weighted by Crippen LogP contribution is -2.29. The summed E-state index contributed by atoms with van der Waals surface area (Å²) < 4.78 is 5.81. The molecule has 0 saturated heterocycles. The number of ether oxygens (including phenoxy) is 1. The van der Waals surface area contributed by atoms with Crippen molar-refractivity contribution in [2.45, 2.75) is 31.9 Å². The number of aliphatic imine (C=N–C) groups is 1. The van der Waals surface area contributed by atoms with E-state index in [1.807, 2.05) is 12.1 Å². The van der Waals surface area contributed by atoms with Gasteiger partial charge >= 0.3 is 0 Å². The molecule has 2 aliphatic rings. The smallest absolute Gasteiger partial charge is 0.269 e. The maximum absolute atomic E-state index is 10.8. The van der Waals surface area contributed by atoms with Crippen LogP contribution in [0.1, 0.15) is 46.2 Å². The van der Waals surface area contributed by atoms with Crippen LogP contribution in [0.15, 0.2) is 102 Å². The van der Waals surface area contributed by atoms with Crippen LogP contribution in [0.3, 0.4) is 0 Å². The van der Waals surface area contributed by atoms with Gasteiger partial charge in [-0.3, -0.25) is 15.1 Å². The van der Waals surface area contributed by atoms with E-state index in [-0.39, 0.29) is 18.3 Å². The number of nitrogens with one attached hydrogen (secondary N) is 1. The number of non-ortho nitro benzene ring substituents is 1. The molecule has 0 fully saturated rings. The Morgan fingerprint density at radius 1 is 1.05 bits per heavy atom. The topological polar surface area (TPSA) is 76.8 Å². The van der Waals surface area contributed by atoms with Crippen molar-refractivity contribution in [3.8, 4) is 5.75 Å². The van der Waals surface area contributed by atoms with Crippen LogP contribution >= 0.6 is 11.6 Å². The predicted molar refractivity (Wildman–Crippen MR) is 160 cm³/mol. The number of benzene rings is 4. The summed E-state index contributed by atoms with van der Waals surface area (Å²) in [5.74, 6) is 1.49. The summed E-state index contributed by atoms with van der Waals surface area (Å²) in [4.78, 5) is 15.0. The van der Waals surface area contributed by atoms with Crippen LogP contribution in [0, 0.1) is 23.0 Å².